The van der Waals surface area contributed by atoms with Gasteiger partial charge in [0.25, 0.3) is 11.8 Å². The molecule has 3 aromatic rings. The van der Waals surface area contributed by atoms with Gasteiger partial charge in [0.15, 0.2) is 0 Å². The van der Waals surface area contributed by atoms with E-state index in [2.05, 4.69) is 34.4 Å². The van der Waals surface area contributed by atoms with Gasteiger partial charge in [0.2, 0.25) is 0 Å². The third-order valence-electron chi connectivity index (χ3n) is 6.73. The zero-order valence-electron chi connectivity index (χ0n) is 21.0. The molecule has 6 heteroatoms. The first-order valence-electron chi connectivity index (χ1n) is 12.4. The highest BCUT2D eigenvalue weighted by Gasteiger charge is 2.28. The van der Waals surface area contributed by atoms with Crippen molar-refractivity contribution in [2.24, 2.45) is 0 Å². The number of carbonyl (C=O) groups is 2. The smallest absolute Gasteiger partial charge is 0.256 e. The molecule has 2 amide bonds. The summed E-state index contributed by atoms with van der Waals surface area (Å²) in [7, 11) is 0. The molecule has 0 spiro atoms. The molecule has 0 radical (unpaired) electrons. The maximum absolute atomic E-state index is 13.0. The second-order valence-corrected chi connectivity index (χ2v) is 8.91. The minimum absolute atomic E-state index is 0.0818. The molecule has 0 fully saturated rings. The number of hydrogen-bond donors (Lipinski definition) is 3. The normalized spacial score (nSPS) is 13.9. The Labute approximate surface area is 207 Å². The predicted octanol–water partition coefficient (Wildman–Crippen LogP) is 5.25. The number of fused-ring (bicyclic) bond motifs is 1. The van der Waals surface area contributed by atoms with E-state index < -0.39 is 0 Å². The van der Waals surface area contributed by atoms with Gasteiger partial charge in [0.05, 0.1) is 11.1 Å². The van der Waals surface area contributed by atoms with Crippen LogP contribution in [0.5, 0.6) is 0 Å². The van der Waals surface area contributed by atoms with Crippen molar-refractivity contribution >= 4 is 29.2 Å². The molecule has 1 aliphatic rings. The van der Waals surface area contributed by atoms with Crippen molar-refractivity contribution < 1.29 is 9.59 Å². The molecule has 4 rings (SSSR count). The molecular formula is C29H34N4O2. The molecule has 0 bridgehead atoms. The van der Waals surface area contributed by atoms with Gasteiger partial charge in [-0.15, -0.1) is 0 Å². The van der Waals surface area contributed by atoms with Crippen LogP contribution < -0.4 is 10.6 Å². The molecule has 1 aromatic heterocycles. The summed E-state index contributed by atoms with van der Waals surface area (Å²) in [5.74, 6) is -0.223. The van der Waals surface area contributed by atoms with Crippen LogP contribution in [0, 0.1) is 13.8 Å². The van der Waals surface area contributed by atoms with Crippen molar-refractivity contribution in [3.63, 3.8) is 0 Å². The summed E-state index contributed by atoms with van der Waals surface area (Å²) in [4.78, 5) is 31.6. The van der Waals surface area contributed by atoms with Gasteiger partial charge in [0.1, 0.15) is 0 Å². The summed E-state index contributed by atoms with van der Waals surface area (Å²) in [5.41, 5.74) is 7.39. The van der Waals surface area contributed by atoms with E-state index in [0.717, 1.165) is 65.4 Å². The Morgan fingerprint density at radius 3 is 2.49 bits per heavy atom. The number of carbonyl (C=O) groups excluding carboxylic acids is 2. The lowest BCUT2D eigenvalue weighted by Gasteiger charge is -2.17. The SMILES string of the molecule is CCN(CC)CCCNC(=O)c1c(C)[nH]c(/C=C2\C(=O)Nc3cccc(-c4ccccc4)c32)c1C. The van der Waals surface area contributed by atoms with Crippen LogP contribution in [-0.4, -0.2) is 47.9 Å². The number of benzene rings is 2. The molecule has 0 saturated carbocycles. The summed E-state index contributed by atoms with van der Waals surface area (Å²) in [5, 5.41) is 6.05. The van der Waals surface area contributed by atoms with Crippen molar-refractivity contribution in [3.05, 3.63) is 76.6 Å². The highest BCUT2D eigenvalue weighted by Crippen LogP contribution is 2.40. The number of nitrogens with zero attached hydrogens (tertiary/aromatic N) is 1. The van der Waals surface area contributed by atoms with Crippen molar-refractivity contribution in [1.82, 2.24) is 15.2 Å². The third-order valence-corrected chi connectivity index (χ3v) is 6.73. The van der Waals surface area contributed by atoms with E-state index in [4.69, 9.17) is 0 Å². The molecule has 1 aliphatic heterocycles. The summed E-state index contributed by atoms with van der Waals surface area (Å²) < 4.78 is 0. The van der Waals surface area contributed by atoms with E-state index in [1.807, 2.05) is 68.5 Å². The quantitative estimate of drug-likeness (QED) is 0.295. The molecule has 3 N–H and O–H groups in total. The van der Waals surface area contributed by atoms with E-state index in [1.54, 1.807) is 0 Å². The Kier molecular flexibility index (Phi) is 7.51. The lowest BCUT2D eigenvalue weighted by atomic mass is 9.94. The van der Waals surface area contributed by atoms with Crippen molar-refractivity contribution in [2.75, 3.05) is 31.5 Å². The first kappa shape index (κ1) is 24.5. The van der Waals surface area contributed by atoms with Gasteiger partial charge in [-0.3, -0.25) is 9.59 Å². The van der Waals surface area contributed by atoms with Crippen molar-refractivity contribution in [3.8, 4) is 11.1 Å². The monoisotopic (exact) mass is 470 g/mol. The van der Waals surface area contributed by atoms with Crippen LogP contribution >= 0.6 is 0 Å². The number of aryl methyl sites for hydroxylation is 1. The maximum atomic E-state index is 13.0. The number of anilines is 1. The molecule has 0 saturated heterocycles. The molecule has 0 atom stereocenters. The van der Waals surface area contributed by atoms with Gasteiger partial charge in [0, 0.05) is 29.2 Å². The highest BCUT2D eigenvalue weighted by atomic mass is 16.2. The average Bonchev–Trinajstić information content (AvgIpc) is 3.34. The molecular weight excluding hydrogens is 436 g/mol. The van der Waals surface area contributed by atoms with Crippen molar-refractivity contribution in [1.29, 1.82) is 0 Å². The fourth-order valence-electron chi connectivity index (χ4n) is 4.78. The van der Waals surface area contributed by atoms with E-state index in [-0.39, 0.29) is 11.8 Å². The average molecular weight is 471 g/mol. The molecule has 6 nitrogen and oxygen atoms in total. The molecule has 35 heavy (non-hydrogen) atoms. The first-order chi connectivity index (χ1) is 16.9. The van der Waals surface area contributed by atoms with Crippen LogP contribution in [0.25, 0.3) is 22.8 Å². The molecule has 0 aliphatic carbocycles. The first-order valence-corrected chi connectivity index (χ1v) is 12.4. The van der Waals surface area contributed by atoms with Gasteiger partial charge < -0.3 is 20.5 Å². The number of rotatable bonds is 9. The summed E-state index contributed by atoms with van der Waals surface area (Å²) >= 11 is 0. The third kappa shape index (κ3) is 5.08. The van der Waals surface area contributed by atoms with E-state index in [1.165, 1.54) is 0 Å². The van der Waals surface area contributed by atoms with Gasteiger partial charge in [-0.05, 0) is 68.7 Å². The van der Waals surface area contributed by atoms with Gasteiger partial charge in [-0.25, -0.2) is 0 Å². The Bertz CT molecular complexity index is 1250. The van der Waals surface area contributed by atoms with Crippen LogP contribution in [-0.2, 0) is 4.79 Å². The largest absolute Gasteiger partial charge is 0.358 e. The lowest BCUT2D eigenvalue weighted by Crippen LogP contribution is -2.30. The minimum atomic E-state index is -0.141. The second-order valence-electron chi connectivity index (χ2n) is 8.91. The summed E-state index contributed by atoms with van der Waals surface area (Å²) in [6.45, 7) is 11.8. The fraction of sp³-hybridized carbons (Fsp3) is 0.310. The number of amides is 2. The molecule has 182 valence electrons. The predicted molar refractivity (Wildman–Crippen MR) is 143 cm³/mol. The molecule has 2 heterocycles. The molecule has 0 unspecified atom stereocenters. The number of nitrogens with one attached hydrogen (secondary N) is 3. The second kappa shape index (κ2) is 10.7. The number of aromatic amines is 1. The Morgan fingerprint density at radius 2 is 1.77 bits per heavy atom. The van der Waals surface area contributed by atoms with E-state index in [0.29, 0.717) is 17.7 Å². The number of H-pyrrole nitrogens is 1. The van der Waals surface area contributed by atoms with Gasteiger partial charge >= 0.3 is 0 Å². The Hall–Kier alpha value is -3.64. The fourth-order valence-corrected chi connectivity index (χ4v) is 4.78. The topological polar surface area (TPSA) is 77.2 Å². The number of aromatic nitrogens is 1. The summed E-state index contributed by atoms with van der Waals surface area (Å²) in [6.07, 6.45) is 2.78. The van der Waals surface area contributed by atoms with Crippen LogP contribution in [0.15, 0.2) is 48.5 Å². The minimum Gasteiger partial charge on any atom is -0.358 e. The summed E-state index contributed by atoms with van der Waals surface area (Å²) in [6, 6.07) is 16.0. The van der Waals surface area contributed by atoms with Crippen LogP contribution in [0.4, 0.5) is 5.69 Å². The highest BCUT2D eigenvalue weighted by molar-refractivity contribution is 6.36. The number of hydrogen-bond acceptors (Lipinski definition) is 3. The lowest BCUT2D eigenvalue weighted by molar-refractivity contribution is -0.110. The zero-order chi connectivity index (χ0) is 24.9. The van der Waals surface area contributed by atoms with Crippen LogP contribution in [0.2, 0.25) is 0 Å². The van der Waals surface area contributed by atoms with E-state index >= 15 is 0 Å². The Balaban J connectivity index is 1.60. The zero-order valence-corrected chi connectivity index (χ0v) is 21.0. The van der Waals surface area contributed by atoms with Gasteiger partial charge in [-0.1, -0.05) is 56.3 Å². The van der Waals surface area contributed by atoms with Crippen LogP contribution in [0.1, 0.15) is 53.1 Å². The maximum Gasteiger partial charge on any atom is 0.256 e. The Morgan fingerprint density at radius 1 is 1.03 bits per heavy atom. The van der Waals surface area contributed by atoms with Crippen LogP contribution in [0.3, 0.4) is 0 Å². The molecule has 2 aromatic carbocycles. The standard InChI is InChI=1S/C29H34N4O2/c1-5-33(6-2)17-11-16-30-29(35)26-19(3)25(31-20(26)4)18-23-27-22(21-12-8-7-9-13-21)14-10-15-24(27)32-28(23)34/h7-10,12-15,18,31H,5-6,11,16-17H2,1-4H3,(H,30,35)(H,32,34)/b23-18-. The van der Waals surface area contributed by atoms with Gasteiger partial charge in [-0.2, -0.15) is 0 Å². The van der Waals surface area contributed by atoms with Crippen molar-refractivity contribution in [2.45, 2.75) is 34.1 Å². The van der Waals surface area contributed by atoms with E-state index in [9.17, 15) is 9.59 Å².